The van der Waals surface area contributed by atoms with Crippen molar-refractivity contribution in [3.63, 3.8) is 0 Å². The van der Waals surface area contributed by atoms with Crippen molar-refractivity contribution in [2.45, 2.75) is 38.6 Å². The van der Waals surface area contributed by atoms with Gasteiger partial charge in [0.2, 0.25) is 0 Å². The topological polar surface area (TPSA) is 72.5 Å². The van der Waals surface area contributed by atoms with E-state index < -0.39 is 5.97 Å². The molecule has 4 nitrogen and oxygen atoms in total. The number of hydrogen-bond acceptors (Lipinski definition) is 3. The number of aliphatic carboxylic acids is 1. The van der Waals surface area contributed by atoms with E-state index in [1.807, 2.05) is 13.0 Å². The van der Waals surface area contributed by atoms with Gasteiger partial charge < -0.3 is 15.6 Å². The minimum Gasteiger partial charge on any atom is -0.494 e. The van der Waals surface area contributed by atoms with Gasteiger partial charge in [-0.25, -0.2) is 0 Å². The van der Waals surface area contributed by atoms with Crippen LogP contribution in [0.5, 0.6) is 5.75 Å². The van der Waals surface area contributed by atoms with Crippen LogP contribution in [0.4, 0.5) is 0 Å². The summed E-state index contributed by atoms with van der Waals surface area (Å²) in [5.74, 6) is 0.0314. The summed E-state index contributed by atoms with van der Waals surface area (Å²) >= 11 is 0. The van der Waals surface area contributed by atoms with E-state index in [1.165, 1.54) is 11.1 Å². The summed E-state index contributed by atoms with van der Waals surface area (Å²) in [5, 5.41) is 8.83. The quantitative estimate of drug-likeness (QED) is 0.830. The molecule has 1 atom stereocenters. The molecule has 3 N–H and O–H groups in total. The summed E-state index contributed by atoms with van der Waals surface area (Å²) in [4.78, 5) is 10.7. The second-order valence-electron chi connectivity index (χ2n) is 4.68. The second-order valence-corrected chi connectivity index (χ2v) is 4.68. The Morgan fingerprint density at radius 2 is 2.28 bits per heavy atom. The molecule has 0 heterocycles. The average Bonchev–Trinajstić information content (AvgIpc) is 2.68. The summed E-state index contributed by atoms with van der Waals surface area (Å²) in [6, 6.07) is 4.15. The first-order valence-electron chi connectivity index (χ1n) is 6.35. The van der Waals surface area contributed by atoms with E-state index in [1.54, 1.807) is 0 Å². The number of benzene rings is 1. The molecule has 0 amide bonds. The molecule has 98 valence electrons. The number of carbonyl (C=O) groups is 1. The third-order valence-electron chi connectivity index (χ3n) is 3.32. The normalized spacial score (nSPS) is 17.6. The molecule has 2 rings (SSSR count). The lowest BCUT2D eigenvalue weighted by Gasteiger charge is -2.14. The molecule has 1 aromatic rings. The van der Waals surface area contributed by atoms with Crippen LogP contribution in [0.1, 0.15) is 30.0 Å². The fourth-order valence-electron chi connectivity index (χ4n) is 2.58. The molecule has 1 aliphatic carbocycles. The smallest absolute Gasteiger partial charge is 0.303 e. The van der Waals surface area contributed by atoms with Crippen molar-refractivity contribution in [1.29, 1.82) is 0 Å². The first-order valence-corrected chi connectivity index (χ1v) is 6.35. The van der Waals surface area contributed by atoms with Gasteiger partial charge in [0, 0.05) is 12.5 Å². The number of hydrogen-bond donors (Lipinski definition) is 2. The summed E-state index contributed by atoms with van der Waals surface area (Å²) < 4.78 is 5.60. The summed E-state index contributed by atoms with van der Waals surface area (Å²) in [5.41, 5.74) is 9.45. The summed E-state index contributed by atoms with van der Waals surface area (Å²) in [6.45, 7) is 2.52. The van der Waals surface area contributed by atoms with Gasteiger partial charge in [0.05, 0.1) is 6.61 Å². The maximum Gasteiger partial charge on any atom is 0.303 e. The van der Waals surface area contributed by atoms with Crippen LogP contribution in [0.15, 0.2) is 12.1 Å². The molecule has 4 heteroatoms. The van der Waals surface area contributed by atoms with Crippen LogP contribution in [0.25, 0.3) is 0 Å². The minimum absolute atomic E-state index is 0.131. The van der Waals surface area contributed by atoms with Gasteiger partial charge in [-0.3, -0.25) is 4.79 Å². The maximum atomic E-state index is 10.7. The van der Waals surface area contributed by atoms with Gasteiger partial charge >= 0.3 is 5.97 Å². The lowest BCUT2D eigenvalue weighted by molar-refractivity contribution is -0.136. The van der Waals surface area contributed by atoms with Crippen LogP contribution in [0, 0.1) is 0 Å². The molecule has 0 bridgehead atoms. The number of carboxylic acid groups (broad SMARTS) is 1. The van der Waals surface area contributed by atoms with Gasteiger partial charge in [-0.15, -0.1) is 0 Å². The molecular formula is C14H19NO3. The Morgan fingerprint density at radius 1 is 1.50 bits per heavy atom. The van der Waals surface area contributed by atoms with Crippen LogP contribution >= 0.6 is 0 Å². The fourth-order valence-corrected chi connectivity index (χ4v) is 2.58. The van der Waals surface area contributed by atoms with E-state index in [4.69, 9.17) is 15.6 Å². The lowest BCUT2D eigenvalue weighted by atomic mass is 9.98. The Kier molecular flexibility index (Phi) is 3.87. The van der Waals surface area contributed by atoms with E-state index in [0.717, 1.165) is 24.2 Å². The van der Waals surface area contributed by atoms with E-state index >= 15 is 0 Å². The minimum atomic E-state index is -0.780. The fraction of sp³-hybridized carbons (Fsp3) is 0.500. The van der Waals surface area contributed by atoms with Crippen molar-refractivity contribution >= 4 is 5.97 Å². The zero-order valence-corrected chi connectivity index (χ0v) is 10.6. The van der Waals surface area contributed by atoms with E-state index in [9.17, 15) is 4.79 Å². The predicted octanol–water partition coefficient (Wildman–Crippen LogP) is 1.53. The molecule has 1 aliphatic rings. The van der Waals surface area contributed by atoms with Crippen molar-refractivity contribution in [1.82, 2.24) is 0 Å². The molecular weight excluding hydrogens is 230 g/mol. The number of ether oxygens (including phenoxy) is 1. The monoisotopic (exact) mass is 249 g/mol. The highest BCUT2D eigenvalue weighted by Crippen LogP contribution is 2.32. The Balaban J connectivity index is 2.32. The highest BCUT2D eigenvalue weighted by Gasteiger charge is 2.23. The highest BCUT2D eigenvalue weighted by atomic mass is 16.5. The van der Waals surface area contributed by atoms with Crippen molar-refractivity contribution in [3.05, 3.63) is 28.8 Å². The number of rotatable bonds is 5. The Hall–Kier alpha value is -1.55. The van der Waals surface area contributed by atoms with Crippen LogP contribution in [0.2, 0.25) is 0 Å². The predicted molar refractivity (Wildman–Crippen MR) is 69.0 cm³/mol. The van der Waals surface area contributed by atoms with Crippen LogP contribution in [-0.4, -0.2) is 23.7 Å². The first-order chi connectivity index (χ1) is 8.61. The largest absolute Gasteiger partial charge is 0.494 e. The molecule has 1 unspecified atom stereocenters. The Morgan fingerprint density at radius 3 is 2.94 bits per heavy atom. The van der Waals surface area contributed by atoms with Crippen LogP contribution < -0.4 is 10.5 Å². The summed E-state index contributed by atoms with van der Waals surface area (Å²) in [6.07, 6.45) is 2.35. The van der Waals surface area contributed by atoms with Gasteiger partial charge in [-0.1, -0.05) is 6.07 Å². The van der Waals surface area contributed by atoms with Crippen molar-refractivity contribution in [2.24, 2.45) is 5.73 Å². The number of nitrogens with two attached hydrogens (primary N) is 1. The highest BCUT2D eigenvalue weighted by molar-refractivity contribution is 5.67. The molecule has 0 aromatic heterocycles. The van der Waals surface area contributed by atoms with Crippen molar-refractivity contribution in [3.8, 4) is 5.75 Å². The molecule has 0 saturated carbocycles. The summed E-state index contributed by atoms with van der Waals surface area (Å²) in [7, 11) is 0. The Bertz CT molecular complexity index is 457. The third-order valence-corrected chi connectivity index (χ3v) is 3.32. The van der Waals surface area contributed by atoms with E-state index in [0.29, 0.717) is 13.0 Å². The van der Waals surface area contributed by atoms with Crippen LogP contribution in [0.3, 0.4) is 0 Å². The van der Waals surface area contributed by atoms with E-state index in [-0.39, 0.29) is 12.5 Å². The molecule has 0 saturated heterocycles. The zero-order chi connectivity index (χ0) is 13.1. The van der Waals surface area contributed by atoms with Gasteiger partial charge in [-0.05, 0) is 48.9 Å². The molecule has 0 fully saturated rings. The number of carboxylic acids is 1. The standard InChI is InChI=1S/C14H19NO3/c1-2-18-13-5-3-9-7-10(15)8-12(9)11(13)4-6-14(16)17/h3,5,10H,2,4,6-8,15H2,1H3,(H,16,17). The van der Waals surface area contributed by atoms with Crippen LogP contribution in [-0.2, 0) is 24.1 Å². The molecule has 1 aromatic carbocycles. The maximum absolute atomic E-state index is 10.7. The SMILES string of the molecule is CCOc1ccc2c(c1CCC(=O)O)CC(N)C2. The molecule has 0 spiro atoms. The van der Waals surface area contributed by atoms with Gasteiger partial charge in [0.1, 0.15) is 5.75 Å². The number of fused-ring (bicyclic) bond motifs is 1. The zero-order valence-electron chi connectivity index (χ0n) is 10.6. The molecule has 0 radical (unpaired) electrons. The van der Waals surface area contributed by atoms with Gasteiger partial charge in [-0.2, -0.15) is 0 Å². The Labute approximate surface area is 107 Å². The van der Waals surface area contributed by atoms with Gasteiger partial charge in [0.25, 0.3) is 0 Å². The average molecular weight is 249 g/mol. The van der Waals surface area contributed by atoms with E-state index in [2.05, 4.69) is 6.07 Å². The van der Waals surface area contributed by atoms with Crippen molar-refractivity contribution in [2.75, 3.05) is 6.61 Å². The molecule has 18 heavy (non-hydrogen) atoms. The van der Waals surface area contributed by atoms with Gasteiger partial charge in [0.15, 0.2) is 0 Å². The third kappa shape index (κ3) is 2.64. The van der Waals surface area contributed by atoms with Crippen molar-refractivity contribution < 1.29 is 14.6 Å². The first kappa shape index (κ1) is 12.9. The lowest BCUT2D eigenvalue weighted by Crippen LogP contribution is -2.19. The second kappa shape index (κ2) is 5.40. The molecule has 0 aliphatic heterocycles.